The van der Waals surface area contributed by atoms with Gasteiger partial charge in [0.15, 0.2) is 0 Å². The lowest BCUT2D eigenvalue weighted by atomic mass is 10.0. The Kier molecular flexibility index (Phi) is 5.29. The van der Waals surface area contributed by atoms with E-state index in [1.54, 1.807) is 43.5 Å². The topological polar surface area (TPSA) is 58.6 Å². The number of aryl methyl sites for hydroxylation is 1. The molecule has 0 unspecified atom stereocenters. The van der Waals surface area contributed by atoms with Crippen LogP contribution in [0.25, 0.3) is 5.57 Å². The maximum Gasteiger partial charge on any atom is 0.282 e. The summed E-state index contributed by atoms with van der Waals surface area (Å²) in [4.78, 5) is 27.9. The molecule has 5 nitrogen and oxygen atoms in total. The number of carbonyl (C=O) groups is 2. The second-order valence-electron chi connectivity index (χ2n) is 6.84. The van der Waals surface area contributed by atoms with Gasteiger partial charge in [0.1, 0.15) is 11.4 Å². The van der Waals surface area contributed by atoms with Gasteiger partial charge >= 0.3 is 0 Å². The Morgan fingerprint density at radius 3 is 2.30 bits per heavy atom. The number of halogens is 1. The minimum atomic E-state index is -0.476. The molecule has 6 heteroatoms. The summed E-state index contributed by atoms with van der Waals surface area (Å²) in [5.41, 5.74) is 3.03. The van der Waals surface area contributed by atoms with Crippen LogP contribution in [0.4, 0.5) is 11.4 Å². The number of benzene rings is 3. The molecule has 0 saturated heterocycles. The molecule has 0 aliphatic carbocycles. The van der Waals surface area contributed by atoms with Crippen LogP contribution in [-0.2, 0) is 9.59 Å². The molecule has 30 heavy (non-hydrogen) atoms. The highest BCUT2D eigenvalue weighted by molar-refractivity contribution is 6.48. The molecule has 0 spiro atoms. The van der Waals surface area contributed by atoms with Crippen LogP contribution in [0.1, 0.15) is 11.1 Å². The number of para-hydroxylation sites is 1. The van der Waals surface area contributed by atoms with Crippen LogP contribution in [0.2, 0.25) is 5.02 Å². The molecular weight excluding hydrogens is 400 g/mol. The molecular formula is C24H19ClN2O3. The van der Waals surface area contributed by atoms with Crippen molar-refractivity contribution in [3.63, 3.8) is 0 Å². The first-order valence-corrected chi connectivity index (χ1v) is 9.73. The van der Waals surface area contributed by atoms with E-state index in [0.717, 1.165) is 10.5 Å². The fourth-order valence-corrected chi connectivity index (χ4v) is 3.64. The van der Waals surface area contributed by atoms with Gasteiger partial charge in [-0.3, -0.25) is 9.59 Å². The number of hydrogen-bond donors (Lipinski definition) is 1. The van der Waals surface area contributed by atoms with Crippen molar-refractivity contribution >= 4 is 40.4 Å². The predicted molar refractivity (Wildman–Crippen MR) is 119 cm³/mol. The normalized spacial score (nSPS) is 13.8. The van der Waals surface area contributed by atoms with Crippen LogP contribution in [0.5, 0.6) is 5.75 Å². The van der Waals surface area contributed by atoms with E-state index < -0.39 is 11.8 Å². The summed E-state index contributed by atoms with van der Waals surface area (Å²) >= 11 is 6.30. The average molecular weight is 419 g/mol. The van der Waals surface area contributed by atoms with E-state index in [1.165, 1.54) is 0 Å². The first kappa shape index (κ1) is 19.7. The molecule has 1 aliphatic rings. The van der Waals surface area contributed by atoms with Crippen LogP contribution in [0.3, 0.4) is 0 Å². The molecule has 150 valence electrons. The first-order valence-electron chi connectivity index (χ1n) is 9.36. The number of nitrogens with zero attached hydrogens (tertiary/aromatic N) is 1. The van der Waals surface area contributed by atoms with Gasteiger partial charge in [0, 0.05) is 0 Å². The summed E-state index contributed by atoms with van der Waals surface area (Å²) in [6.45, 7) is 1.94. The first-order chi connectivity index (χ1) is 14.5. The Labute approximate surface area is 179 Å². The van der Waals surface area contributed by atoms with E-state index >= 15 is 0 Å². The third-order valence-corrected chi connectivity index (χ3v) is 5.17. The van der Waals surface area contributed by atoms with Crippen molar-refractivity contribution in [2.45, 2.75) is 6.92 Å². The van der Waals surface area contributed by atoms with Crippen molar-refractivity contribution in [3.05, 3.63) is 94.6 Å². The zero-order valence-corrected chi connectivity index (χ0v) is 17.2. The van der Waals surface area contributed by atoms with Gasteiger partial charge in [-0.05, 0) is 42.3 Å². The molecule has 1 heterocycles. The van der Waals surface area contributed by atoms with E-state index in [0.29, 0.717) is 27.7 Å². The quantitative estimate of drug-likeness (QED) is 0.589. The summed E-state index contributed by atoms with van der Waals surface area (Å²) in [7, 11) is 1.56. The molecule has 0 bridgehead atoms. The minimum Gasteiger partial charge on any atom is -0.495 e. The van der Waals surface area contributed by atoms with Crippen molar-refractivity contribution in [1.82, 2.24) is 0 Å². The Balaban J connectivity index is 1.87. The van der Waals surface area contributed by atoms with E-state index in [-0.39, 0.29) is 11.3 Å². The monoisotopic (exact) mass is 418 g/mol. The summed E-state index contributed by atoms with van der Waals surface area (Å²) in [5.74, 6) is -0.346. The third-order valence-electron chi connectivity index (χ3n) is 4.85. The number of anilines is 2. The largest absolute Gasteiger partial charge is 0.495 e. The molecule has 3 aromatic rings. The second kappa shape index (κ2) is 8.05. The smallest absolute Gasteiger partial charge is 0.282 e. The Morgan fingerprint density at radius 2 is 1.60 bits per heavy atom. The van der Waals surface area contributed by atoms with Gasteiger partial charge in [-0.25, -0.2) is 4.90 Å². The van der Waals surface area contributed by atoms with Gasteiger partial charge in [0.05, 0.1) is 29.1 Å². The van der Waals surface area contributed by atoms with Crippen molar-refractivity contribution < 1.29 is 14.3 Å². The van der Waals surface area contributed by atoms with Crippen molar-refractivity contribution in [2.24, 2.45) is 0 Å². The van der Waals surface area contributed by atoms with Gasteiger partial charge in [0.2, 0.25) is 0 Å². The number of hydrogen-bond acceptors (Lipinski definition) is 4. The van der Waals surface area contributed by atoms with Crippen LogP contribution < -0.4 is 15.0 Å². The van der Waals surface area contributed by atoms with E-state index in [2.05, 4.69) is 5.32 Å². The number of imide groups is 1. The molecule has 0 saturated carbocycles. The van der Waals surface area contributed by atoms with E-state index in [9.17, 15) is 9.59 Å². The van der Waals surface area contributed by atoms with E-state index in [1.807, 2.05) is 43.3 Å². The zero-order chi connectivity index (χ0) is 21.3. The highest BCUT2D eigenvalue weighted by Gasteiger charge is 2.41. The lowest BCUT2D eigenvalue weighted by Gasteiger charge is -2.17. The van der Waals surface area contributed by atoms with Gasteiger partial charge in [-0.15, -0.1) is 0 Å². The van der Waals surface area contributed by atoms with E-state index in [4.69, 9.17) is 16.3 Å². The number of amides is 2. The van der Waals surface area contributed by atoms with Crippen LogP contribution in [-0.4, -0.2) is 18.9 Å². The Hall–Kier alpha value is -3.57. The second-order valence-corrected chi connectivity index (χ2v) is 7.25. The molecule has 4 rings (SSSR count). The highest BCUT2D eigenvalue weighted by atomic mass is 35.5. The maximum absolute atomic E-state index is 13.4. The Morgan fingerprint density at radius 1 is 0.900 bits per heavy atom. The molecule has 1 N–H and O–H groups in total. The van der Waals surface area contributed by atoms with Crippen molar-refractivity contribution in [3.8, 4) is 5.75 Å². The van der Waals surface area contributed by atoms with Crippen LogP contribution in [0, 0.1) is 6.92 Å². The van der Waals surface area contributed by atoms with Gasteiger partial charge < -0.3 is 10.1 Å². The SMILES string of the molecule is COc1ccc(C)cc1NC1=C(c2ccccc2)C(=O)N(c2ccccc2Cl)C1=O. The molecule has 3 aromatic carbocycles. The predicted octanol–water partition coefficient (Wildman–Crippen LogP) is 5.05. The van der Waals surface area contributed by atoms with Crippen molar-refractivity contribution in [2.75, 3.05) is 17.3 Å². The lowest BCUT2D eigenvalue weighted by Crippen LogP contribution is -2.32. The zero-order valence-electron chi connectivity index (χ0n) is 16.5. The van der Waals surface area contributed by atoms with Gasteiger partial charge in [0.25, 0.3) is 11.8 Å². The summed E-state index contributed by atoms with van der Waals surface area (Å²) in [5, 5.41) is 3.47. The van der Waals surface area contributed by atoms with Crippen LogP contribution in [0.15, 0.2) is 78.5 Å². The number of nitrogens with one attached hydrogen (secondary N) is 1. The van der Waals surface area contributed by atoms with Crippen LogP contribution >= 0.6 is 11.6 Å². The molecule has 0 radical (unpaired) electrons. The molecule has 0 atom stereocenters. The van der Waals surface area contributed by atoms with Crippen molar-refractivity contribution in [1.29, 1.82) is 0 Å². The van der Waals surface area contributed by atoms with Gasteiger partial charge in [-0.1, -0.05) is 60.1 Å². The molecule has 1 aliphatic heterocycles. The fourth-order valence-electron chi connectivity index (χ4n) is 3.42. The summed E-state index contributed by atoms with van der Waals surface area (Å²) < 4.78 is 5.43. The molecule has 0 aromatic heterocycles. The maximum atomic E-state index is 13.4. The standard InChI is InChI=1S/C24H19ClN2O3/c1-15-12-13-20(30-2)18(14-15)26-22-21(16-8-4-3-5-9-16)23(28)27(24(22)29)19-11-7-6-10-17(19)25/h3-14,26H,1-2H3. The third kappa shape index (κ3) is 3.44. The lowest BCUT2D eigenvalue weighted by molar-refractivity contribution is -0.120. The van der Waals surface area contributed by atoms with Gasteiger partial charge in [-0.2, -0.15) is 0 Å². The minimum absolute atomic E-state index is 0.176. The number of methoxy groups -OCH3 is 1. The average Bonchev–Trinajstić information content (AvgIpc) is 2.99. The summed E-state index contributed by atoms with van der Waals surface area (Å²) in [6, 6.07) is 21.5. The number of ether oxygens (including phenoxy) is 1. The summed E-state index contributed by atoms with van der Waals surface area (Å²) in [6.07, 6.45) is 0. The molecule has 0 fully saturated rings. The fraction of sp³-hybridized carbons (Fsp3) is 0.0833. The number of carbonyl (C=O) groups excluding carboxylic acids is 2. The highest BCUT2D eigenvalue weighted by Crippen LogP contribution is 2.38. The molecule has 2 amide bonds. The number of rotatable bonds is 5. The Bertz CT molecular complexity index is 1170.